The van der Waals surface area contributed by atoms with Crippen LogP contribution in [0.15, 0.2) is 6.07 Å². The third kappa shape index (κ3) is 4.80. The summed E-state index contributed by atoms with van der Waals surface area (Å²) in [5, 5.41) is 0. The first-order chi connectivity index (χ1) is 9.07. The zero-order valence-electron chi connectivity index (χ0n) is 12.5. The van der Waals surface area contributed by atoms with Crippen LogP contribution in [0.2, 0.25) is 0 Å². The smallest absolute Gasteiger partial charge is 0.190 e. The van der Waals surface area contributed by atoms with Gasteiger partial charge < -0.3 is 14.0 Å². The largest absolute Gasteiger partial charge is 0.379 e. The third-order valence-corrected chi connectivity index (χ3v) is 3.32. The molecule has 0 aliphatic heterocycles. The van der Waals surface area contributed by atoms with Gasteiger partial charge in [0.2, 0.25) is 0 Å². The van der Waals surface area contributed by atoms with Crippen molar-refractivity contribution in [3.05, 3.63) is 23.0 Å². The van der Waals surface area contributed by atoms with Gasteiger partial charge in [0.25, 0.3) is 0 Å². The van der Waals surface area contributed by atoms with Crippen molar-refractivity contribution in [3.8, 4) is 0 Å². The number of hydrogen-bond acceptors (Lipinski definition) is 3. The van der Waals surface area contributed by atoms with E-state index in [0.717, 1.165) is 36.4 Å². The zero-order chi connectivity index (χ0) is 14.3. The van der Waals surface area contributed by atoms with Crippen LogP contribution in [-0.4, -0.2) is 36.8 Å². The molecular weight excluding hydrogens is 242 g/mol. The number of ether oxygens (including phenoxy) is 2. The van der Waals surface area contributed by atoms with Gasteiger partial charge in [0, 0.05) is 30.6 Å². The van der Waals surface area contributed by atoms with Crippen LogP contribution in [0.25, 0.3) is 0 Å². The number of carbonyl (C=O) groups is 1. The van der Waals surface area contributed by atoms with Crippen LogP contribution in [-0.2, 0) is 16.5 Å². The highest BCUT2D eigenvalue weighted by atomic mass is 16.5. The zero-order valence-corrected chi connectivity index (χ0v) is 12.5. The molecule has 0 spiro atoms. The molecule has 0 radical (unpaired) electrons. The van der Waals surface area contributed by atoms with Gasteiger partial charge in [-0.15, -0.1) is 0 Å². The second kappa shape index (κ2) is 8.12. The number of nitrogens with zero attached hydrogens (tertiary/aromatic N) is 1. The molecule has 0 N–H and O–H groups in total. The first kappa shape index (κ1) is 15.9. The highest BCUT2D eigenvalue weighted by Gasteiger charge is 2.13. The molecular formula is C15H25NO3. The van der Waals surface area contributed by atoms with Gasteiger partial charge in [-0.25, -0.2) is 0 Å². The van der Waals surface area contributed by atoms with E-state index < -0.39 is 0 Å². The molecule has 4 heteroatoms. The van der Waals surface area contributed by atoms with Crippen LogP contribution >= 0.6 is 0 Å². The minimum absolute atomic E-state index is 0.0368. The molecule has 0 aliphatic rings. The molecule has 1 aromatic heterocycles. The van der Waals surface area contributed by atoms with Crippen molar-refractivity contribution in [1.29, 1.82) is 0 Å². The number of aromatic nitrogens is 1. The van der Waals surface area contributed by atoms with Gasteiger partial charge in [0.1, 0.15) is 6.61 Å². The summed E-state index contributed by atoms with van der Waals surface area (Å²) >= 11 is 0. The van der Waals surface area contributed by atoms with Gasteiger partial charge in [-0.3, -0.25) is 4.79 Å². The summed E-state index contributed by atoms with van der Waals surface area (Å²) in [6.45, 7) is 8.00. The van der Waals surface area contributed by atoms with Crippen LogP contribution in [0.4, 0.5) is 0 Å². The number of carbonyl (C=O) groups excluding carboxylic acids is 1. The van der Waals surface area contributed by atoms with E-state index in [1.54, 1.807) is 0 Å². The Bertz CT molecular complexity index is 410. The van der Waals surface area contributed by atoms with E-state index in [2.05, 4.69) is 6.92 Å². The van der Waals surface area contributed by atoms with Gasteiger partial charge in [-0.2, -0.15) is 0 Å². The van der Waals surface area contributed by atoms with Gasteiger partial charge in [-0.05, 0) is 26.3 Å². The first-order valence-corrected chi connectivity index (χ1v) is 6.89. The molecule has 0 atom stereocenters. The van der Waals surface area contributed by atoms with E-state index in [9.17, 15) is 4.79 Å². The van der Waals surface area contributed by atoms with E-state index in [-0.39, 0.29) is 12.4 Å². The van der Waals surface area contributed by atoms with Crippen molar-refractivity contribution in [2.24, 2.45) is 7.05 Å². The average molecular weight is 267 g/mol. The monoisotopic (exact) mass is 267 g/mol. The number of ketones is 1. The third-order valence-electron chi connectivity index (χ3n) is 3.32. The summed E-state index contributed by atoms with van der Waals surface area (Å²) in [6, 6.07) is 1.92. The van der Waals surface area contributed by atoms with Crippen LogP contribution in [0.3, 0.4) is 0 Å². The minimum Gasteiger partial charge on any atom is -0.379 e. The SMILES string of the molecule is CCCCOCCOCC(=O)c1cc(C)n(C)c1C. The minimum atomic E-state index is 0.0368. The van der Waals surface area contributed by atoms with E-state index in [1.807, 2.05) is 31.5 Å². The first-order valence-electron chi connectivity index (χ1n) is 6.89. The van der Waals surface area contributed by atoms with Gasteiger partial charge in [0.05, 0.1) is 13.2 Å². The van der Waals surface area contributed by atoms with E-state index in [1.165, 1.54) is 0 Å². The van der Waals surface area contributed by atoms with E-state index >= 15 is 0 Å². The van der Waals surface area contributed by atoms with Crippen molar-refractivity contribution in [3.63, 3.8) is 0 Å². The molecule has 4 nitrogen and oxygen atoms in total. The molecule has 0 saturated carbocycles. The Balaban J connectivity index is 2.26. The van der Waals surface area contributed by atoms with Crippen LogP contribution < -0.4 is 0 Å². The number of unbranched alkanes of at least 4 members (excludes halogenated alkanes) is 1. The summed E-state index contributed by atoms with van der Waals surface area (Å²) in [4.78, 5) is 12.0. The fourth-order valence-electron chi connectivity index (χ4n) is 1.85. The Morgan fingerprint density at radius 1 is 1.21 bits per heavy atom. The molecule has 1 heterocycles. The number of hydrogen-bond donors (Lipinski definition) is 0. The van der Waals surface area contributed by atoms with E-state index in [4.69, 9.17) is 9.47 Å². The second-order valence-electron chi connectivity index (χ2n) is 4.79. The average Bonchev–Trinajstić information content (AvgIpc) is 2.65. The van der Waals surface area contributed by atoms with Crippen LogP contribution in [0.5, 0.6) is 0 Å². The predicted octanol–water partition coefficient (Wildman–Crippen LogP) is 2.66. The van der Waals surface area contributed by atoms with Crippen molar-refractivity contribution >= 4 is 5.78 Å². The fourth-order valence-corrected chi connectivity index (χ4v) is 1.85. The summed E-state index contributed by atoms with van der Waals surface area (Å²) < 4.78 is 12.7. The maximum Gasteiger partial charge on any atom is 0.190 e. The van der Waals surface area contributed by atoms with Gasteiger partial charge in [0.15, 0.2) is 5.78 Å². The lowest BCUT2D eigenvalue weighted by atomic mass is 10.1. The molecule has 0 amide bonds. The quantitative estimate of drug-likeness (QED) is 0.510. The van der Waals surface area contributed by atoms with Gasteiger partial charge in [-0.1, -0.05) is 13.3 Å². The highest BCUT2D eigenvalue weighted by Crippen LogP contribution is 2.13. The highest BCUT2D eigenvalue weighted by molar-refractivity contribution is 5.98. The van der Waals surface area contributed by atoms with Crippen LogP contribution in [0.1, 0.15) is 41.5 Å². The number of aryl methyl sites for hydroxylation is 1. The lowest BCUT2D eigenvalue weighted by molar-refractivity contribution is 0.0432. The molecule has 0 unspecified atom stereocenters. The molecule has 0 aromatic carbocycles. The molecule has 0 fully saturated rings. The molecule has 108 valence electrons. The maximum atomic E-state index is 12.0. The standard InChI is InChI=1S/C15H25NO3/c1-5-6-7-18-8-9-19-11-15(17)14-10-12(2)16(4)13(14)3/h10H,5-9,11H2,1-4H3. The summed E-state index contributed by atoms with van der Waals surface area (Å²) in [5.74, 6) is 0.0368. The number of rotatable bonds is 9. The second-order valence-corrected chi connectivity index (χ2v) is 4.79. The van der Waals surface area contributed by atoms with E-state index in [0.29, 0.717) is 13.2 Å². The van der Waals surface area contributed by atoms with Crippen molar-refractivity contribution < 1.29 is 14.3 Å². The lowest BCUT2D eigenvalue weighted by Crippen LogP contribution is -2.13. The van der Waals surface area contributed by atoms with Crippen LogP contribution in [0, 0.1) is 13.8 Å². The number of Topliss-reactive ketones (excluding diaryl/α,β-unsaturated/α-hetero) is 1. The van der Waals surface area contributed by atoms with Gasteiger partial charge >= 0.3 is 0 Å². The molecule has 19 heavy (non-hydrogen) atoms. The maximum absolute atomic E-state index is 12.0. The normalized spacial score (nSPS) is 10.9. The Morgan fingerprint density at radius 2 is 1.89 bits per heavy atom. The Labute approximate surface area is 115 Å². The molecule has 1 rings (SSSR count). The molecule has 1 aromatic rings. The molecule has 0 bridgehead atoms. The predicted molar refractivity (Wildman–Crippen MR) is 75.8 cm³/mol. The fraction of sp³-hybridized carbons (Fsp3) is 0.667. The summed E-state index contributed by atoms with van der Waals surface area (Å²) in [5.41, 5.74) is 2.83. The van der Waals surface area contributed by atoms with Crippen molar-refractivity contribution in [2.75, 3.05) is 26.4 Å². The Kier molecular flexibility index (Phi) is 6.81. The summed E-state index contributed by atoms with van der Waals surface area (Å²) in [6.07, 6.45) is 2.20. The van der Waals surface area contributed by atoms with Crippen molar-refractivity contribution in [2.45, 2.75) is 33.6 Å². The molecule has 0 aliphatic carbocycles. The Hall–Kier alpha value is -1.13. The Morgan fingerprint density at radius 3 is 2.47 bits per heavy atom. The summed E-state index contributed by atoms with van der Waals surface area (Å²) in [7, 11) is 1.96. The van der Waals surface area contributed by atoms with Crippen molar-refractivity contribution in [1.82, 2.24) is 4.57 Å². The topological polar surface area (TPSA) is 40.5 Å². The molecule has 0 saturated heterocycles. The lowest BCUT2D eigenvalue weighted by Gasteiger charge is -2.05.